The molecule has 0 spiro atoms. The Hall–Kier alpha value is -2.97. The summed E-state index contributed by atoms with van der Waals surface area (Å²) < 4.78 is 9.93. The minimum Gasteiger partial charge on any atom is -0.550 e. The van der Waals surface area contributed by atoms with Crippen LogP contribution in [0.15, 0.2) is 0 Å². The number of carbonyl (C=O) groups is 5. The lowest BCUT2D eigenvalue weighted by atomic mass is 9.89. The first kappa shape index (κ1) is 32.2. The zero-order chi connectivity index (χ0) is 26.6. The molecule has 0 rings (SSSR count). The predicted octanol–water partition coefficient (Wildman–Crippen LogP) is -2.05. The number of quaternary nitrogens is 1. The summed E-state index contributed by atoms with van der Waals surface area (Å²) in [5.41, 5.74) is 0.307. The Labute approximate surface area is 195 Å². The van der Waals surface area contributed by atoms with E-state index in [9.17, 15) is 19.2 Å². The van der Waals surface area contributed by atoms with E-state index in [1.165, 1.54) is 21.0 Å². The quantitative estimate of drug-likeness (QED) is 0.175. The van der Waals surface area contributed by atoms with Crippen LogP contribution in [0.4, 0.5) is 0 Å². The van der Waals surface area contributed by atoms with Crippen LogP contribution in [0, 0.1) is 18.3 Å². The first-order valence-corrected chi connectivity index (χ1v) is 10.1. The van der Waals surface area contributed by atoms with Crippen LogP contribution in [0.3, 0.4) is 0 Å². The van der Waals surface area contributed by atoms with Crippen molar-refractivity contribution in [1.29, 1.82) is 0 Å². The maximum absolute atomic E-state index is 12.8. The summed E-state index contributed by atoms with van der Waals surface area (Å²) in [6, 6.07) is 0. The van der Waals surface area contributed by atoms with Gasteiger partial charge in [0, 0.05) is 12.4 Å². The van der Waals surface area contributed by atoms with Gasteiger partial charge >= 0.3 is 5.97 Å². The lowest BCUT2D eigenvalue weighted by Gasteiger charge is -2.30. The van der Waals surface area contributed by atoms with Gasteiger partial charge in [-0.2, -0.15) is 0 Å². The smallest absolute Gasteiger partial charge is 0.330 e. The summed E-state index contributed by atoms with van der Waals surface area (Å²) >= 11 is 0. The molecule has 11 nitrogen and oxygen atoms in total. The Balaban J connectivity index is 0. The van der Waals surface area contributed by atoms with Crippen LogP contribution in [0.25, 0.3) is 0 Å². The number of hydrogen-bond donors (Lipinski definition) is 3. The number of ketones is 1. The van der Waals surface area contributed by atoms with E-state index >= 15 is 0 Å². The Morgan fingerprint density at radius 1 is 1.03 bits per heavy atom. The van der Waals surface area contributed by atoms with E-state index < -0.39 is 46.3 Å². The van der Waals surface area contributed by atoms with Gasteiger partial charge in [0.1, 0.15) is 12.1 Å². The molecule has 0 radical (unpaired) electrons. The summed E-state index contributed by atoms with van der Waals surface area (Å²) in [6.45, 7) is 10.1. The fourth-order valence-electron chi connectivity index (χ4n) is 2.21. The molecular formula is C22H37N3O8. The zero-order valence-electron chi connectivity index (χ0n) is 20.7. The highest BCUT2D eigenvalue weighted by Gasteiger charge is 2.39. The molecule has 0 unspecified atom stereocenters. The normalized spacial score (nSPS) is 12.2. The van der Waals surface area contributed by atoms with Crippen LogP contribution >= 0.6 is 0 Å². The number of methoxy groups -OCH3 is 1. The summed E-state index contributed by atoms with van der Waals surface area (Å²) in [7, 11) is 1.21. The van der Waals surface area contributed by atoms with Gasteiger partial charge in [-0.15, -0.1) is 6.42 Å². The van der Waals surface area contributed by atoms with E-state index in [-0.39, 0.29) is 25.4 Å². The number of carboxylic acid groups (broad SMARTS) is 1. The Kier molecular flexibility index (Phi) is 13.2. The van der Waals surface area contributed by atoms with Gasteiger partial charge in [-0.3, -0.25) is 14.4 Å². The molecule has 0 aliphatic heterocycles. The Bertz CT molecular complexity index is 757. The van der Waals surface area contributed by atoms with E-state index in [4.69, 9.17) is 21.1 Å². The van der Waals surface area contributed by atoms with Crippen LogP contribution < -0.4 is 21.5 Å². The molecule has 11 heteroatoms. The van der Waals surface area contributed by atoms with Crippen LogP contribution in [0.1, 0.15) is 54.9 Å². The highest BCUT2D eigenvalue weighted by molar-refractivity contribution is 5.97. The molecule has 0 aliphatic carbocycles. The maximum atomic E-state index is 12.8. The van der Waals surface area contributed by atoms with Crippen molar-refractivity contribution in [2.24, 2.45) is 5.92 Å². The van der Waals surface area contributed by atoms with Gasteiger partial charge in [0.05, 0.1) is 25.2 Å². The minimum absolute atomic E-state index is 0.0335. The number of aliphatic carboxylic acids is 1. The molecule has 0 bridgehead atoms. The van der Waals surface area contributed by atoms with Crippen molar-refractivity contribution in [2.75, 3.05) is 20.3 Å². The van der Waals surface area contributed by atoms with Crippen molar-refractivity contribution in [3.63, 3.8) is 0 Å². The largest absolute Gasteiger partial charge is 0.550 e. The average molecular weight is 472 g/mol. The number of ether oxygens (including phenoxy) is 2. The third-order valence-corrected chi connectivity index (χ3v) is 4.18. The number of Topliss-reactive ketones (excluding diaryl/α,β-unsaturated/α-hetero) is 1. The summed E-state index contributed by atoms with van der Waals surface area (Å²) in [4.78, 5) is 58.5. The lowest BCUT2D eigenvalue weighted by molar-refractivity contribution is -0.446. The van der Waals surface area contributed by atoms with E-state index in [2.05, 4.69) is 27.0 Å². The summed E-state index contributed by atoms with van der Waals surface area (Å²) in [5, 5.41) is 14.1. The van der Waals surface area contributed by atoms with Gasteiger partial charge in [0.25, 0.3) is 5.91 Å². The van der Waals surface area contributed by atoms with E-state index in [0.29, 0.717) is 0 Å². The highest BCUT2D eigenvalue weighted by Crippen LogP contribution is 2.16. The fraction of sp³-hybridized carbons (Fsp3) is 0.682. The molecule has 0 aliphatic rings. The second-order valence-electron chi connectivity index (χ2n) is 9.10. The lowest BCUT2D eigenvalue weighted by Crippen LogP contribution is -2.77. The second-order valence-corrected chi connectivity index (χ2v) is 9.10. The van der Waals surface area contributed by atoms with Crippen LogP contribution in [-0.2, 0) is 33.4 Å². The van der Waals surface area contributed by atoms with Crippen molar-refractivity contribution < 1.29 is 44.3 Å². The highest BCUT2D eigenvalue weighted by atomic mass is 16.5. The number of esters is 1. The van der Waals surface area contributed by atoms with Crippen molar-refractivity contribution in [1.82, 2.24) is 10.6 Å². The van der Waals surface area contributed by atoms with Gasteiger partial charge in [-0.25, -0.2) is 4.79 Å². The van der Waals surface area contributed by atoms with E-state index in [1.54, 1.807) is 27.7 Å². The van der Waals surface area contributed by atoms with Crippen LogP contribution in [0.5, 0.6) is 0 Å². The standard InChI is InChI=1S/C20H33N3O6.C2H4O2/c1-9-10-29-12-13(15(25)22-20(6,7)17(27)28-8)11-14(24)19(4,5)23-16(26)18(2,3)21;1-2(3)4/h1,13H,10-12,21H2,2-8H3,(H,22,25)(H,23,26);1H3,(H,3,4)/t13-;/m0./s1. The molecule has 1 atom stereocenters. The van der Waals surface area contributed by atoms with Crippen molar-refractivity contribution in [3.8, 4) is 12.3 Å². The molecule has 0 fully saturated rings. The molecule has 0 saturated heterocycles. The van der Waals surface area contributed by atoms with Crippen molar-refractivity contribution in [3.05, 3.63) is 0 Å². The van der Waals surface area contributed by atoms with E-state index in [1.807, 2.05) is 0 Å². The van der Waals surface area contributed by atoms with Gasteiger partial charge in [0.15, 0.2) is 11.3 Å². The van der Waals surface area contributed by atoms with Gasteiger partial charge in [-0.05, 0) is 48.5 Å². The number of carbonyl (C=O) groups excluding carboxylic acids is 5. The summed E-state index contributed by atoms with van der Waals surface area (Å²) in [5.74, 6) is -1.68. The molecule has 33 heavy (non-hydrogen) atoms. The molecule has 0 heterocycles. The third-order valence-electron chi connectivity index (χ3n) is 4.18. The topological polar surface area (TPSA) is 179 Å². The number of amides is 2. The average Bonchev–Trinajstić information content (AvgIpc) is 2.64. The monoisotopic (exact) mass is 471 g/mol. The molecule has 0 aromatic rings. The molecule has 0 aromatic heterocycles. The number of hydrogen-bond acceptors (Lipinski definition) is 8. The zero-order valence-corrected chi connectivity index (χ0v) is 20.7. The van der Waals surface area contributed by atoms with E-state index in [0.717, 1.165) is 6.92 Å². The van der Waals surface area contributed by atoms with Gasteiger partial charge in [-0.1, -0.05) is 5.92 Å². The minimum atomic E-state index is -1.29. The first-order chi connectivity index (χ1) is 14.8. The van der Waals surface area contributed by atoms with Gasteiger partial charge in [0.2, 0.25) is 5.91 Å². The fourth-order valence-corrected chi connectivity index (χ4v) is 2.21. The molecule has 188 valence electrons. The second kappa shape index (κ2) is 13.5. The first-order valence-electron chi connectivity index (χ1n) is 10.1. The SMILES string of the molecule is C#CCOC[C@H](CC(=O)C(C)(C)NC(=O)C(C)(C)[NH3+])C(=O)NC(C)(C)C(=O)OC.CC(=O)[O-]. The molecule has 0 saturated carbocycles. The Morgan fingerprint density at radius 3 is 1.91 bits per heavy atom. The molecule has 2 amide bonds. The number of carboxylic acids is 1. The molecule has 0 aromatic carbocycles. The third kappa shape index (κ3) is 13.2. The van der Waals surface area contributed by atoms with Gasteiger partial charge < -0.3 is 35.7 Å². The summed E-state index contributed by atoms with van der Waals surface area (Å²) in [6.07, 6.45) is 4.94. The molecular weight excluding hydrogens is 434 g/mol. The number of terminal acetylenes is 1. The predicted molar refractivity (Wildman–Crippen MR) is 117 cm³/mol. The number of nitrogens with one attached hydrogen (secondary N) is 2. The van der Waals surface area contributed by atoms with Crippen molar-refractivity contribution >= 4 is 29.5 Å². The maximum Gasteiger partial charge on any atom is 0.330 e. The number of rotatable bonds is 11. The van der Waals surface area contributed by atoms with Crippen LogP contribution in [0.2, 0.25) is 0 Å². The Morgan fingerprint density at radius 2 is 1.52 bits per heavy atom. The van der Waals surface area contributed by atoms with Crippen LogP contribution in [-0.4, -0.2) is 66.5 Å². The molecule has 5 N–H and O–H groups in total. The van der Waals surface area contributed by atoms with Crippen molar-refractivity contribution in [2.45, 2.75) is 71.5 Å².